The molecule has 19 heavy (non-hydrogen) atoms. The van der Waals surface area contributed by atoms with Crippen LogP contribution in [0.2, 0.25) is 5.02 Å². The second-order valence-corrected chi connectivity index (χ2v) is 5.24. The van der Waals surface area contributed by atoms with Crippen LogP contribution in [0.25, 0.3) is 0 Å². The molecule has 0 aliphatic heterocycles. The Morgan fingerprint density at radius 2 is 2.11 bits per heavy atom. The van der Waals surface area contributed by atoms with Crippen molar-refractivity contribution >= 4 is 45.8 Å². The van der Waals surface area contributed by atoms with Crippen molar-refractivity contribution in [3.63, 3.8) is 0 Å². The summed E-state index contributed by atoms with van der Waals surface area (Å²) < 4.78 is 40.6. The van der Waals surface area contributed by atoms with E-state index in [0.29, 0.717) is 10.7 Å². The van der Waals surface area contributed by atoms with Crippen molar-refractivity contribution in [2.24, 2.45) is 0 Å². The largest absolute Gasteiger partial charge is 0.411 e. The number of benzene rings is 1. The van der Waals surface area contributed by atoms with E-state index in [1.54, 1.807) is 18.2 Å². The molecule has 0 atom stereocenters. The molecule has 3 nitrogen and oxygen atoms in total. The van der Waals surface area contributed by atoms with Gasteiger partial charge in [0.15, 0.2) is 0 Å². The van der Waals surface area contributed by atoms with Crippen LogP contribution in [0.15, 0.2) is 18.2 Å². The van der Waals surface area contributed by atoms with Crippen molar-refractivity contribution in [1.29, 1.82) is 0 Å². The summed E-state index contributed by atoms with van der Waals surface area (Å²) in [6.07, 6.45) is -4.55. The lowest BCUT2D eigenvalue weighted by atomic mass is 10.3. The highest BCUT2D eigenvalue weighted by Gasteiger charge is 2.27. The molecule has 0 unspecified atom stereocenters. The fourth-order valence-electron chi connectivity index (χ4n) is 1.16. The van der Waals surface area contributed by atoms with Gasteiger partial charge >= 0.3 is 6.18 Å². The molecular formula is C11H10ClF3INO2. The molecule has 0 heterocycles. The topological polar surface area (TPSA) is 38.3 Å². The highest BCUT2D eigenvalue weighted by molar-refractivity contribution is 14.1. The zero-order valence-electron chi connectivity index (χ0n) is 9.56. The predicted molar refractivity (Wildman–Crippen MR) is 74.3 cm³/mol. The Kier molecular flexibility index (Phi) is 6.34. The fourth-order valence-corrected chi connectivity index (χ4v) is 2.06. The van der Waals surface area contributed by atoms with Crippen LogP contribution in [0.5, 0.6) is 0 Å². The van der Waals surface area contributed by atoms with Crippen molar-refractivity contribution in [2.75, 3.05) is 18.5 Å². The van der Waals surface area contributed by atoms with Crippen LogP contribution >= 0.6 is 34.2 Å². The van der Waals surface area contributed by atoms with Gasteiger partial charge in [-0.15, -0.1) is 0 Å². The molecule has 1 N–H and O–H groups in total. The first kappa shape index (κ1) is 16.5. The maximum absolute atomic E-state index is 11.8. The lowest BCUT2D eigenvalue weighted by molar-refractivity contribution is -0.174. The van der Waals surface area contributed by atoms with Crippen molar-refractivity contribution in [1.82, 2.24) is 0 Å². The monoisotopic (exact) mass is 407 g/mol. The van der Waals surface area contributed by atoms with E-state index in [1.165, 1.54) is 0 Å². The number of nitrogens with one attached hydrogen (secondary N) is 1. The van der Waals surface area contributed by atoms with Crippen LogP contribution in [0, 0.1) is 3.57 Å². The summed E-state index contributed by atoms with van der Waals surface area (Å²) in [5.41, 5.74) is 0.419. The van der Waals surface area contributed by atoms with Crippen LogP contribution in [0.1, 0.15) is 6.42 Å². The van der Waals surface area contributed by atoms with Crippen molar-refractivity contribution < 1.29 is 22.7 Å². The lowest BCUT2D eigenvalue weighted by Gasteiger charge is -2.09. The normalized spacial score (nSPS) is 11.4. The molecule has 0 radical (unpaired) electrons. The Hall–Kier alpha value is -0.540. The minimum absolute atomic E-state index is 0.168. The minimum atomic E-state index is -4.38. The van der Waals surface area contributed by atoms with E-state index in [-0.39, 0.29) is 13.0 Å². The number of ether oxygens (including phenoxy) is 1. The van der Waals surface area contributed by atoms with Gasteiger partial charge in [-0.3, -0.25) is 4.79 Å². The number of hydrogen-bond donors (Lipinski definition) is 1. The summed E-state index contributed by atoms with van der Waals surface area (Å²) in [7, 11) is 0. The van der Waals surface area contributed by atoms with Gasteiger partial charge in [-0.25, -0.2) is 0 Å². The van der Waals surface area contributed by atoms with Crippen LogP contribution in [-0.4, -0.2) is 25.3 Å². The third kappa shape index (κ3) is 6.98. The third-order valence-corrected chi connectivity index (χ3v) is 2.93. The van der Waals surface area contributed by atoms with E-state index in [9.17, 15) is 18.0 Å². The summed E-state index contributed by atoms with van der Waals surface area (Å²) >= 11 is 7.96. The fraction of sp³-hybridized carbons (Fsp3) is 0.364. The number of halogens is 5. The average Bonchev–Trinajstić information content (AvgIpc) is 2.27. The quantitative estimate of drug-likeness (QED) is 0.595. The van der Waals surface area contributed by atoms with Crippen LogP contribution in [0.3, 0.4) is 0 Å². The second-order valence-electron chi connectivity index (χ2n) is 3.59. The van der Waals surface area contributed by atoms with Gasteiger partial charge < -0.3 is 10.1 Å². The van der Waals surface area contributed by atoms with Gasteiger partial charge in [-0.2, -0.15) is 13.2 Å². The Balaban J connectivity index is 2.35. The van der Waals surface area contributed by atoms with Gasteiger partial charge in [0.2, 0.25) is 5.91 Å². The van der Waals surface area contributed by atoms with E-state index in [1.807, 2.05) is 0 Å². The maximum Gasteiger partial charge on any atom is 0.411 e. The minimum Gasteiger partial charge on any atom is -0.372 e. The van der Waals surface area contributed by atoms with Crippen LogP contribution < -0.4 is 5.32 Å². The Morgan fingerprint density at radius 1 is 1.42 bits per heavy atom. The van der Waals surface area contributed by atoms with Gasteiger partial charge in [-0.1, -0.05) is 11.6 Å². The van der Waals surface area contributed by atoms with Gasteiger partial charge in [0.1, 0.15) is 6.61 Å². The number of hydrogen-bond acceptors (Lipinski definition) is 2. The van der Waals surface area contributed by atoms with Gasteiger partial charge in [0.25, 0.3) is 0 Å². The number of rotatable bonds is 5. The smallest absolute Gasteiger partial charge is 0.372 e. The molecule has 0 bridgehead atoms. The van der Waals surface area contributed by atoms with E-state index >= 15 is 0 Å². The molecule has 0 fully saturated rings. The molecule has 0 saturated heterocycles. The summed E-state index contributed by atoms with van der Waals surface area (Å²) in [6.45, 7) is -1.65. The summed E-state index contributed by atoms with van der Waals surface area (Å²) in [5.74, 6) is -0.453. The summed E-state index contributed by atoms with van der Waals surface area (Å²) in [5, 5.41) is 2.87. The number of amides is 1. The average molecular weight is 408 g/mol. The maximum atomic E-state index is 11.8. The van der Waals surface area contributed by atoms with Gasteiger partial charge in [0.05, 0.1) is 23.7 Å². The van der Waals surface area contributed by atoms with Gasteiger partial charge in [-0.05, 0) is 40.8 Å². The zero-order chi connectivity index (χ0) is 14.5. The molecule has 0 aliphatic rings. The number of carbonyl (C=O) groups is 1. The molecule has 0 aromatic heterocycles. The molecule has 0 saturated carbocycles. The molecule has 0 aliphatic carbocycles. The van der Waals surface area contributed by atoms with E-state index in [0.717, 1.165) is 3.57 Å². The highest BCUT2D eigenvalue weighted by atomic mass is 127. The molecular weight excluding hydrogens is 397 g/mol. The Labute approximate surface area is 126 Å². The highest BCUT2D eigenvalue weighted by Crippen LogP contribution is 2.23. The molecule has 0 spiro atoms. The Bertz CT molecular complexity index is 454. The van der Waals surface area contributed by atoms with E-state index in [2.05, 4.69) is 32.6 Å². The molecule has 1 amide bonds. The van der Waals surface area contributed by atoms with Crippen molar-refractivity contribution in [3.8, 4) is 0 Å². The number of anilines is 1. The van der Waals surface area contributed by atoms with E-state index in [4.69, 9.17) is 11.6 Å². The standard InChI is InChI=1S/C11H10ClF3INO2/c12-8-5-7(16)1-2-9(8)17-10(18)3-4-19-6-11(13,14)15/h1-2,5H,3-4,6H2,(H,17,18). The third-order valence-electron chi connectivity index (χ3n) is 1.94. The summed E-state index contributed by atoms with van der Waals surface area (Å²) in [4.78, 5) is 11.4. The molecule has 1 aromatic rings. The zero-order valence-corrected chi connectivity index (χ0v) is 12.5. The Morgan fingerprint density at radius 3 is 2.68 bits per heavy atom. The second kappa shape index (κ2) is 7.30. The number of carbonyl (C=O) groups excluding carboxylic acids is 1. The summed E-state index contributed by atoms with van der Waals surface area (Å²) in [6, 6.07) is 5.04. The van der Waals surface area contributed by atoms with Crippen molar-refractivity contribution in [2.45, 2.75) is 12.6 Å². The lowest BCUT2D eigenvalue weighted by Crippen LogP contribution is -2.20. The van der Waals surface area contributed by atoms with Gasteiger partial charge in [0, 0.05) is 3.57 Å². The SMILES string of the molecule is O=C(CCOCC(F)(F)F)Nc1ccc(I)cc1Cl. The van der Waals surface area contributed by atoms with Crippen molar-refractivity contribution in [3.05, 3.63) is 26.8 Å². The first-order valence-corrected chi connectivity index (χ1v) is 6.63. The van der Waals surface area contributed by atoms with E-state index < -0.39 is 18.7 Å². The number of alkyl halides is 3. The molecule has 8 heteroatoms. The first-order valence-electron chi connectivity index (χ1n) is 5.17. The molecule has 1 rings (SSSR count). The predicted octanol–water partition coefficient (Wildman–Crippen LogP) is 3.85. The molecule has 1 aromatic carbocycles. The van der Waals surface area contributed by atoms with Crippen LogP contribution in [0.4, 0.5) is 18.9 Å². The van der Waals surface area contributed by atoms with Crippen LogP contribution in [-0.2, 0) is 9.53 Å². The molecule has 106 valence electrons. The first-order chi connectivity index (χ1) is 8.78.